The topological polar surface area (TPSA) is 93.2 Å². The Kier molecular flexibility index (Phi) is 11.1. The summed E-state index contributed by atoms with van der Waals surface area (Å²) in [5.41, 5.74) is 8.26. The molecule has 0 aliphatic carbocycles. The fourth-order valence-corrected chi connectivity index (χ4v) is 3.54. The molecule has 7 nitrogen and oxygen atoms in total. The van der Waals surface area contributed by atoms with Crippen molar-refractivity contribution in [2.45, 2.75) is 53.4 Å². The quantitative estimate of drug-likeness (QED) is 0.567. The van der Waals surface area contributed by atoms with Crippen molar-refractivity contribution in [1.29, 1.82) is 0 Å². The molecule has 0 atom stereocenters. The third-order valence-electron chi connectivity index (χ3n) is 5.08. The Morgan fingerprint density at radius 3 is 2.09 bits per heavy atom. The van der Waals surface area contributed by atoms with Crippen LogP contribution in [0.2, 0.25) is 0 Å². The van der Waals surface area contributed by atoms with Gasteiger partial charge in [-0.3, -0.25) is 4.79 Å². The largest absolute Gasteiger partial charge is 0.368 e. The first-order valence-electron chi connectivity index (χ1n) is 12.1. The Hall–Kier alpha value is -3.35. The van der Waals surface area contributed by atoms with Gasteiger partial charge in [0.15, 0.2) is 0 Å². The number of aromatic nitrogens is 2. The lowest BCUT2D eigenvalue weighted by molar-refractivity contribution is -0.117. The number of nitrogens with zero attached hydrogens (tertiary/aromatic N) is 3. The van der Waals surface area contributed by atoms with Crippen molar-refractivity contribution in [2.75, 3.05) is 19.6 Å². The van der Waals surface area contributed by atoms with Crippen molar-refractivity contribution in [3.05, 3.63) is 60.3 Å². The van der Waals surface area contributed by atoms with E-state index in [2.05, 4.69) is 55.5 Å². The summed E-state index contributed by atoms with van der Waals surface area (Å²) in [6, 6.07) is 18.3. The second-order valence-electron chi connectivity index (χ2n) is 9.11. The normalized spacial score (nSPS) is 13.3. The second-order valence-corrected chi connectivity index (χ2v) is 9.11. The number of para-hydroxylation sites is 2. The number of amides is 3. The first kappa shape index (κ1) is 26.9. The van der Waals surface area contributed by atoms with E-state index >= 15 is 0 Å². The van der Waals surface area contributed by atoms with Gasteiger partial charge in [-0.05, 0) is 43.9 Å². The molecule has 1 saturated heterocycles. The number of nitrogens with one attached hydrogen (secondary N) is 1. The molecule has 1 aliphatic rings. The number of nitrogens with two attached hydrogens (primary N) is 1. The lowest BCUT2D eigenvalue weighted by Crippen LogP contribution is -2.43. The second kappa shape index (κ2) is 14.0. The van der Waals surface area contributed by atoms with Crippen molar-refractivity contribution >= 4 is 22.8 Å². The highest BCUT2D eigenvalue weighted by Gasteiger charge is 2.15. The number of aryl methyl sites for hydroxylation is 1. The molecular weight excluding hydrogens is 426 g/mol. The van der Waals surface area contributed by atoms with Crippen LogP contribution in [-0.2, 0) is 4.79 Å². The van der Waals surface area contributed by atoms with Gasteiger partial charge in [0.05, 0.1) is 23.4 Å². The summed E-state index contributed by atoms with van der Waals surface area (Å²) in [5, 5.41) is 8.28. The Labute approximate surface area is 203 Å². The van der Waals surface area contributed by atoms with Gasteiger partial charge < -0.3 is 16.0 Å². The molecule has 1 aliphatic heterocycles. The van der Waals surface area contributed by atoms with Crippen LogP contribution in [-0.4, -0.2) is 46.3 Å². The molecule has 0 radical (unpaired) electrons. The Bertz CT molecular complexity index is 1020. The molecule has 4 rings (SSSR count). The fourth-order valence-electron chi connectivity index (χ4n) is 3.54. The van der Waals surface area contributed by atoms with Gasteiger partial charge in [0, 0.05) is 18.5 Å². The summed E-state index contributed by atoms with van der Waals surface area (Å²) in [5.74, 6) is 0.327. The van der Waals surface area contributed by atoms with Crippen molar-refractivity contribution < 1.29 is 9.59 Å². The van der Waals surface area contributed by atoms with E-state index in [0.717, 1.165) is 48.7 Å². The van der Waals surface area contributed by atoms with Crippen molar-refractivity contribution in [1.82, 2.24) is 20.0 Å². The number of carbonyl (C=O) groups is 2. The number of likely N-dealkylation sites (tertiary alicyclic amines) is 1. The Morgan fingerprint density at radius 2 is 1.50 bits per heavy atom. The first-order valence-corrected chi connectivity index (χ1v) is 12.1. The molecule has 184 valence electrons. The molecule has 1 fully saturated rings. The lowest BCUT2D eigenvalue weighted by atomic mass is 10.2. The molecule has 2 aromatic carbocycles. The molecule has 0 bridgehead atoms. The molecule has 0 spiro atoms. The summed E-state index contributed by atoms with van der Waals surface area (Å²) in [7, 11) is 0. The highest BCUT2D eigenvalue weighted by atomic mass is 16.2. The summed E-state index contributed by atoms with van der Waals surface area (Å²) < 4.78 is 1.99. The molecule has 3 N–H and O–H groups in total. The SMILES string of the molecule is CC(C)C.Cc1nn(-c2ccccc2)c2ccccc12.NC(=O)CNC(=O)N1CCCCCC1. The number of carbonyl (C=O) groups excluding carboxylic acids is 2. The highest BCUT2D eigenvalue weighted by molar-refractivity contribution is 5.83. The number of urea groups is 1. The van der Waals surface area contributed by atoms with E-state index in [1.54, 1.807) is 4.90 Å². The first-order chi connectivity index (χ1) is 16.3. The van der Waals surface area contributed by atoms with Crippen LogP contribution in [0.15, 0.2) is 54.6 Å². The van der Waals surface area contributed by atoms with Crippen molar-refractivity contribution in [2.24, 2.45) is 11.7 Å². The van der Waals surface area contributed by atoms with E-state index in [0.29, 0.717) is 0 Å². The zero-order chi connectivity index (χ0) is 24.9. The van der Waals surface area contributed by atoms with Gasteiger partial charge in [-0.2, -0.15) is 5.10 Å². The van der Waals surface area contributed by atoms with Gasteiger partial charge in [0.2, 0.25) is 5.91 Å². The van der Waals surface area contributed by atoms with Gasteiger partial charge in [-0.15, -0.1) is 0 Å². The number of primary amides is 1. The molecule has 3 amide bonds. The van der Waals surface area contributed by atoms with Crippen LogP contribution >= 0.6 is 0 Å². The molecule has 3 aromatic rings. The van der Waals surface area contributed by atoms with E-state index in [4.69, 9.17) is 5.73 Å². The fraction of sp³-hybridized carbons (Fsp3) is 0.444. The average Bonchev–Trinajstić information content (AvgIpc) is 2.98. The number of hydrogen-bond acceptors (Lipinski definition) is 3. The Morgan fingerprint density at radius 1 is 0.941 bits per heavy atom. The van der Waals surface area contributed by atoms with Crippen LogP contribution in [0.25, 0.3) is 16.6 Å². The predicted octanol–water partition coefficient (Wildman–Crippen LogP) is 5.05. The monoisotopic (exact) mass is 465 g/mol. The third-order valence-corrected chi connectivity index (χ3v) is 5.08. The van der Waals surface area contributed by atoms with Crippen LogP contribution in [0.4, 0.5) is 4.79 Å². The van der Waals surface area contributed by atoms with Crippen LogP contribution in [0.1, 0.15) is 52.1 Å². The third kappa shape index (κ3) is 8.89. The molecular formula is C27H39N5O2. The van der Waals surface area contributed by atoms with Crippen LogP contribution in [0, 0.1) is 12.8 Å². The minimum Gasteiger partial charge on any atom is -0.368 e. The highest BCUT2D eigenvalue weighted by Crippen LogP contribution is 2.20. The number of benzene rings is 2. The molecule has 34 heavy (non-hydrogen) atoms. The molecule has 2 heterocycles. The van der Waals surface area contributed by atoms with E-state index < -0.39 is 5.91 Å². The minimum absolute atomic E-state index is 0.0741. The average molecular weight is 466 g/mol. The number of hydrogen-bond donors (Lipinski definition) is 2. The van der Waals surface area contributed by atoms with Gasteiger partial charge in [0.1, 0.15) is 0 Å². The molecule has 0 saturated carbocycles. The number of fused-ring (bicyclic) bond motifs is 1. The van der Waals surface area contributed by atoms with E-state index in [1.165, 1.54) is 18.2 Å². The lowest BCUT2D eigenvalue weighted by Gasteiger charge is -2.20. The smallest absolute Gasteiger partial charge is 0.317 e. The van der Waals surface area contributed by atoms with Crippen molar-refractivity contribution in [3.8, 4) is 5.69 Å². The minimum atomic E-state index is -0.506. The van der Waals surface area contributed by atoms with Gasteiger partial charge >= 0.3 is 6.03 Å². The van der Waals surface area contributed by atoms with Gasteiger partial charge in [0.25, 0.3) is 0 Å². The van der Waals surface area contributed by atoms with Gasteiger partial charge in [-0.1, -0.05) is 70.0 Å². The van der Waals surface area contributed by atoms with Crippen molar-refractivity contribution in [3.63, 3.8) is 0 Å². The Balaban J connectivity index is 0.000000210. The maximum atomic E-state index is 11.5. The summed E-state index contributed by atoms with van der Waals surface area (Å²) >= 11 is 0. The maximum Gasteiger partial charge on any atom is 0.317 e. The van der Waals surface area contributed by atoms with Crippen LogP contribution < -0.4 is 11.1 Å². The van der Waals surface area contributed by atoms with Gasteiger partial charge in [-0.25, -0.2) is 9.48 Å². The molecule has 1 aromatic heterocycles. The van der Waals surface area contributed by atoms with E-state index in [9.17, 15) is 9.59 Å². The summed E-state index contributed by atoms with van der Waals surface area (Å²) in [4.78, 5) is 23.7. The maximum absolute atomic E-state index is 11.5. The standard InChI is InChI=1S/C14H12N2.C9H17N3O2.C4H10/c1-11-13-9-5-6-10-14(13)16(15-11)12-7-3-2-4-8-12;10-8(13)7-11-9(14)12-5-3-1-2-4-6-12;1-4(2)3/h2-10H,1H3;1-7H2,(H2,10,13)(H,11,14);4H,1-3H3. The molecule has 7 heteroatoms. The number of rotatable bonds is 3. The van der Waals surface area contributed by atoms with E-state index in [1.807, 2.05) is 41.9 Å². The van der Waals surface area contributed by atoms with Crippen LogP contribution in [0.3, 0.4) is 0 Å². The summed E-state index contributed by atoms with van der Waals surface area (Å²) in [6.45, 7) is 10.0. The van der Waals surface area contributed by atoms with E-state index in [-0.39, 0.29) is 12.6 Å². The zero-order valence-electron chi connectivity index (χ0n) is 21.0. The van der Waals surface area contributed by atoms with Crippen LogP contribution in [0.5, 0.6) is 0 Å². The predicted molar refractivity (Wildman–Crippen MR) is 139 cm³/mol. The zero-order valence-corrected chi connectivity index (χ0v) is 21.0. The molecule has 0 unspecified atom stereocenters. The summed E-state index contributed by atoms with van der Waals surface area (Å²) in [6.07, 6.45) is 4.45.